The second-order valence-corrected chi connectivity index (χ2v) is 3.75. The highest BCUT2D eigenvalue weighted by atomic mass is 16.2. The summed E-state index contributed by atoms with van der Waals surface area (Å²) in [4.78, 5) is 15.7. The molecule has 0 saturated heterocycles. The summed E-state index contributed by atoms with van der Waals surface area (Å²) >= 11 is 0. The van der Waals surface area contributed by atoms with Crippen LogP contribution < -0.4 is 5.32 Å². The van der Waals surface area contributed by atoms with Crippen LogP contribution in [-0.2, 0) is 7.05 Å². The third-order valence-corrected chi connectivity index (χ3v) is 2.73. The molecule has 0 fully saturated rings. The third kappa shape index (κ3) is 3.08. The highest BCUT2D eigenvalue weighted by Gasteiger charge is 2.11. The van der Waals surface area contributed by atoms with Gasteiger partial charge in [-0.25, -0.2) is 4.98 Å². The zero-order valence-electron chi connectivity index (χ0n) is 9.66. The highest BCUT2D eigenvalue weighted by Crippen LogP contribution is 2.05. The van der Waals surface area contributed by atoms with Crippen LogP contribution in [0.4, 0.5) is 0 Å². The lowest BCUT2D eigenvalue weighted by molar-refractivity contribution is 0.0933. The van der Waals surface area contributed by atoms with E-state index in [4.69, 9.17) is 0 Å². The molecule has 0 atom stereocenters. The Balaban J connectivity index is 2.47. The molecule has 1 N–H and O–H groups in total. The number of hydrogen-bond acceptors (Lipinski definition) is 2. The third-order valence-electron chi connectivity index (χ3n) is 2.73. The van der Waals surface area contributed by atoms with Crippen molar-refractivity contribution in [2.75, 3.05) is 6.54 Å². The fourth-order valence-electron chi connectivity index (χ4n) is 1.48. The average Bonchev–Trinajstić information content (AvgIpc) is 2.66. The van der Waals surface area contributed by atoms with E-state index in [9.17, 15) is 4.79 Å². The summed E-state index contributed by atoms with van der Waals surface area (Å²) < 4.78 is 1.72. The first kappa shape index (κ1) is 11.8. The monoisotopic (exact) mass is 209 g/mol. The van der Waals surface area contributed by atoms with Crippen molar-refractivity contribution >= 4 is 5.91 Å². The van der Waals surface area contributed by atoms with Gasteiger partial charge in [-0.15, -0.1) is 0 Å². The molecule has 84 valence electrons. The lowest BCUT2D eigenvalue weighted by Crippen LogP contribution is -2.30. The number of nitrogens with zero attached hydrogens (tertiary/aromatic N) is 2. The molecule has 1 aromatic rings. The molecular formula is C11H19N3O. The molecule has 4 nitrogen and oxygen atoms in total. The SMILES string of the molecule is CCC(CC)CNC(=O)c1nccn1C. The Kier molecular flexibility index (Phi) is 4.34. The second-order valence-electron chi connectivity index (χ2n) is 3.75. The molecule has 15 heavy (non-hydrogen) atoms. The number of carbonyl (C=O) groups is 1. The van der Waals surface area contributed by atoms with Gasteiger partial charge in [0.15, 0.2) is 5.82 Å². The first-order chi connectivity index (χ1) is 7.19. The minimum Gasteiger partial charge on any atom is -0.349 e. The van der Waals surface area contributed by atoms with E-state index in [-0.39, 0.29) is 5.91 Å². The maximum atomic E-state index is 11.7. The zero-order chi connectivity index (χ0) is 11.3. The summed E-state index contributed by atoms with van der Waals surface area (Å²) in [6.45, 7) is 5.01. The summed E-state index contributed by atoms with van der Waals surface area (Å²) in [6.07, 6.45) is 5.59. The van der Waals surface area contributed by atoms with Crippen molar-refractivity contribution in [1.82, 2.24) is 14.9 Å². The number of nitrogens with one attached hydrogen (secondary N) is 1. The molecule has 0 aromatic carbocycles. The van der Waals surface area contributed by atoms with Crippen LogP contribution in [0.1, 0.15) is 37.3 Å². The van der Waals surface area contributed by atoms with E-state index in [0.29, 0.717) is 11.7 Å². The standard InChI is InChI=1S/C11H19N3O/c1-4-9(5-2)8-13-11(15)10-12-6-7-14(10)3/h6-7,9H,4-5,8H2,1-3H3,(H,13,15). The van der Waals surface area contributed by atoms with Gasteiger partial charge in [0.1, 0.15) is 0 Å². The minimum atomic E-state index is -0.0885. The van der Waals surface area contributed by atoms with Crippen molar-refractivity contribution in [1.29, 1.82) is 0 Å². The Hall–Kier alpha value is -1.32. The molecule has 0 bridgehead atoms. The molecule has 0 aliphatic carbocycles. The van der Waals surface area contributed by atoms with Crippen molar-refractivity contribution in [3.8, 4) is 0 Å². The molecule has 0 unspecified atom stereocenters. The predicted molar refractivity (Wildman–Crippen MR) is 59.6 cm³/mol. The van der Waals surface area contributed by atoms with Crippen molar-refractivity contribution in [3.05, 3.63) is 18.2 Å². The summed E-state index contributed by atoms with van der Waals surface area (Å²) in [7, 11) is 1.82. The van der Waals surface area contributed by atoms with Crippen molar-refractivity contribution < 1.29 is 4.79 Å². The van der Waals surface area contributed by atoms with Gasteiger partial charge in [0.2, 0.25) is 0 Å². The van der Waals surface area contributed by atoms with Crippen molar-refractivity contribution in [3.63, 3.8) is 0 Å². The van der Waals surface area contributed by atoms with Crippen LogP contribution in [0.15, 0.2) is 12.4 Å². The second kappa shape index (κ2) is 5.53. The van der Waals surface area contributed by atoms with Crippen molar-refractivity contribution in [2.45, 2.75) is 26.7 Å². The molecule has 0 spiro atoms. The number of aryl methyl sites for hydroxylation is 1. The smallest absolute Gasteiger partial charge is 0.287 e. The van der Waals surface area contributed by atoms with E-state index in [1.165, 1.54) is 0 Å². The van der Waals surface area contributed by atoms with Gasteiger partial charge in [-0.3, -0.25) is 4.79 Å². The minimum absolute atomic E-state index is 0.0885. The Morgan fingerprint density at radius 1 is 1.53 bits per heavy atom. The lowest BCUT2D eigenvalue weighted by Gasteiger charge is -2.12. The van der Waals surface area contributed by atoms with E-state index in [1.807, 2.05) is 7.05 Å². The predicted octanol–water partition coefficient (Wildman–Crippen LogP) is 1.59. The van der Waals surface area contributed by atoms with E-state index >= 15 is 0 Å². The van der Waals surface area contributed by atoms with Gasteiger partial charge < -0.3 is 9.88 Å². The van der Waals surface area contributed by atoms with Gasteiger partial charge in [0, 0.05) is 26.0 Å². The van der Waals surface area contributed by atoms with Gasteiger partial charge in [0.05, 0.1) is 0 Å². The van der Waals surface area contributed by atoms with Gasteiger partial charge in [0.25, 0.3) is 5.91 Å². The lowest BCUT2D eigenvalue weighted by atomic mass is 10.0. The molecule has 1 amide bonds. The molecule has 0 aliphatic heterocycles. The molecule has 0 saturated carbocycles. The largest absolute Gasteiger partial charge is 0.349 e. The molecule has 1 aromatic heterocycles. The summed E-state index contributed by atoms with van der Waals surface area (Å²) in [5.74, 6) is 0.949. The maximum absolute atomic E-state index is 11.7. The molecule has 0 aliphatic rings. The molecular weight excluding hydrogens is 190 g/mol. The van der Waals surface area contributed by atoms with Crippen LogP contribution in [0.5, 0.6) is 0 Å². The maximum Gasteiger partial charge on any atom is 0.287 e. The van der Waals surface area contributed by atoms with Crippen molar-refractivity contribution in [2.24, 2.45) is 13.0 Å². The van der Waals surface area contributed by atoms with Crippen LogP contribution in [0.2, 0.25) is 0 Å². The number of rotatable bonds is 5. The van der Waals surface area contributed by atoms with Crippen LogP contribution in [0.3, 0.4) is 0 Å². The van der Waals surface area contributed by atoms with E-state index in [2.05, 4.69) is 24.1 Å². The van der Waals surface area contributed by atoms with Crippen LogP contribution >= 0.6 is 0 Å². The number of hydrogen-bond donors (Lipinski definition) is 1. The Bertz CT molecular complexity index is 315. The van der Waals surface area contributed by atoms with Crippen LogP contribution in [0, 0.1) is 5.92 Å². The number of carbonyl (C=O) groups excluding carboxylic acids is 1. The molecule has 1 rings (SSSR count). The normalized spacial score (nSPS) is 10.7. The average molecular weight is 209 g/mol. The van der Waals surface area contributed by atoms with Gasteiger partial charge >= 0.3 is 0 Å². The van der Waals surface area contributed by atoms with E-state index in [1.54, 1.807) is 17.0 Å². The van der Waals surface area contributed by atoms with E-state index < -0.39 is 0 Å². The number of imidazole rings is 1. The zero-order valence-corrected chi connectivity index (χ0v) is 9.66. The number of amides is 1. The molecule has 0 radical (unpaired) electrons. The fourth-order valence-corrected chi connectivity index (χ4v) is 1.48. The Morgan fingerprint density at radius 3 is 2.67 bits per heavy atom. The Labute approximate surface area is 90.7 Å². The summed E-state index contributed by atoms with van der Waals surface area (Å²) in [5.41, 5.74) is 0. The quantitative estimate of drug-likeness (QED) is 0.800. The first-order valence-corrected chi connectivity index (χ1v) is 5.44. The molecule has 4 heteroatoms. The van der Waals surface area contributed by atoms with E-state index in [0.717, 1.165) is 19.4 Å². The van der Waals surface area contributed by atoms with Crippen LogP contribution in [0.25, 0.3) is 0 Å². The fraction of sp³-hybridized carbons (Fsp3) is 0.636. The highest BCUT2D eigenvalue weighted by molar-refractivity contribution is 5.90. The Morgan fingerprint density at radius 2 is 2.20 bits per heavy atom. The topological polar surface area (TPSA) is 46.9 Å². The van der Waals surface area contributed by atoms with Gasteiger partial charge in [-0.2, -0.15) is 0 Å². The summed E-state index contributed by atoms with van der Waals surface area (Å²) in [5, 5.41) is 2.91. The first-order valence-electron chi connectivity index (χ1n) is 5.44. The van der Waals surface area contributed by atoms with Gasteiger partial charge in [-0.05, 0) is 5.92 Å². The number of aromatic nitrogens is 2. The summed E-state index contributed by atoms with van der Waals surface area (Å²) in [6, 6.07) is 0. The van der Waals surface area contributed by atoms with Gasteiger partial charge in [-0.1, -0.05) is 26.7 Å². The van der Waals surface area contributed by atoms with Crippen LogP contribution in [-0.4, -0.2) is 22.0 Å². The molecule has 1 heterocycles.